The van der Waals surface area contributed by atoms with Gasteiger partial charge in [-0.1, -0.05) is 70.1 Å². The summed E-state index contributed by atoms with van der Waals surface area (Å²) in [6.07, 6.45) is 10.2. The first-order valence-corrected chi connectivity index (χ1v) is 12.6. The number of nitrogens with two attached hydrogens (primary N) is 1. The van der Waals surface area contributed by atoms with Gasteiger partial charge in [0.05, 0.1) is 0 Å². The zero-order valence-corrected chi connectivity index (χ0v) is 20.3. The predicted molar refractivity (Wildman–Crippen MR) is 127 cm³/mol. The molecule has 0 aromatic rings. The Morgan fingerprint density at radius 3 is 2.00 bits per heavy atom. The van der Waals surface area contributed by atoms with Crippen molar-refractivity contribution in [2.45, 2.75) is 96.1 Å². The van der Waals surface area contributed by atoms with Gasteiger partial charge >= 0.3 is 11.9 Å². The Hall–Kier alpha value is -2.14. The highest BCUT2D eigenvalue weighted by Gasteiger charge is 2.23. The van der Waals surface area contributed by atoms with Crippen LogP contribution >= 0.6 is 11.8 Å². The van der Waals surface area contributed by atoms with Crippen molar-refractivity contribution >= 4 is 40.6 Å². The molecule has 0 radical (unpaired) electrons. The standard InChI is InChI=1S/C22H39N3O7S/c1-2-3-4-5-6-7-8-9-10-11-20(29)33-15-17(21(30)24-14-19(27)28)25-18(26)13-12-16(23)22(31)32/h16-17H,2-15,23H2,1H3,(H,24,30)(H,25,26)(H,27,28)(H,31,32)/t16-,17-/m0/s1. The number of nitrogens with one attached hydrogen (secondary N) is 2. The Balaban J connectivity index is 4.37. The molecule has 0 saturated heterocycles. The van der Waals surface area contributed by atoms with E-state index in [1.807, 2.05) is 0 Å². The minimum atomic E-state index is -1.24. The first-order valence-electron chi connectivity index (χ1n) is 11.6. The van der Waals surface area contributed by atoms with E-state index in [2.05, 4.69) is 17.6 Å². The van der Waals surface area contributed by atoms with Crippen LogP contribution in [0.25, 0.3) is 0 Å². The Kier molecular flexibility index (Phi) is 18.1. The number of hydrogen-bond donors (Lipinski definition) is 5. The van der Waals surface area contributed by atoms with Crippen LogP contribution in [-0.4, -0.2) is 63.5 Å². The fraction of sp³-hybridized carbons (Fsp3) is 0.773. The van der Waals surface area contributed by atoms with Gasteiger partial charge in [-0.25, -0.2) is 0 Å². The summed E-state index contributed by atoms with van der Waals surface area (Å²) in [4.78, 5) is 57.9. The summed E-state index contributed by atoms with van der Waals surface area (Å²) in [6.45, 7) is 1.57. The smallest absolute Gasteiger partial charge is 0.322 e. The van der Waals surface area contributed by atoms with Crippen molar-refractivity contribution < 1.29 is 34.2 Å². The van der Waals surface area contributed by atoms with Gasteiger partial charge in [0, 0.05) is 18.6 Å². The zero-order chi connectivity index (χ0) is 25.1. The van der Waals surface area contributed by atoms with Crippen molar-refractivity contribution in [2.24, 2.45) is 5.73 Å². The van der Waals surface area contributed by atoms with Crippen LogP contribution in [0, 0.1) is 0 Å². The first-order chi connectivity index (χ1) is 15.7. The van der Waals surface area contributed by atoms with E-state index in [-0.39, 0.29) is 23.7 Å². The van der Waals surface area contributed by atoms with Crippen molar-refractivity contribution in [1.82, 2.24) is 10.6 Å². The number of unbranched alkanes of at least 4 members (excludes halogenated alkanes) is 8. The second-order valence-electron chi connectivity index (χ2n) is 7.98. The van der Waals surface area contributed by atoms with Crippen molar-refractivity contribution in [3.05, 3.63) is 0 Å². The highest BCUT2D eigenvalue weighted by atomic mass is 32.2. The number of thioether (sulfide) groups is 1. The summed E-state index contributed by atoms with van der Waals surface area (Å²) in [5.41, 5.74) is 5.37. The molecule has 0 spiro atoms. The van der Waals surface area contributed by atoms with Crippen molar-refractivity contribution in [3.8, 4) is 0 Å². The minimum Gasteiger partial charge on any atom is -0.480 e. The number of aliphatic carboxylic acids is 2. The molecule has 0 unspecified atom stereocenters. The Morgan fingerprint density at radius 2 is 1.45 bits per heavy atom. The van der Waals surface area contributed by atoms with Gasteiger partial charge < -0.3 is 26.6 Å². The average molecular weight is 490 g/mol. The Morgan fingerprint density at radius 1 is 0.879 bits per heavy atom. The Bertz CT molecular complexity index is 631. The molecule has 0 aromatic heterocycles. The second-order valence-corrected chi connectivity index (χ2v) is 9.05. The van der Waals surface area contributed by atoms with Gasteiger partial charge in [0.1, 0.15) is 18.6 Å². The van der Waals surface area contributed by atoms with Crippen LogP contribution in [0.5, 0.6) is 0 Å². The summed E-state index contributed by atoms with van der Waals surface area (Å²) in [5, 5.41) is 22.0. The van der Waals surface area contributed by atoms with E-state index >= 15 is 0 Å². The maximum Gasteiger partial charge on any atom is 0.322 e. The van der Waals surface area contributed by atoms with E-state index < -0.39 is 42.4 Å². The molecular weight excluding hydrogens is 450 g/mol. The van der Waals surface area contributed by atoms with Gasteiger partial charge in [0.25, 0.3) is 0 Å². The van der Waals surface area contributed by atoms with Crippen LogP contribution < -0.4 is 16.4 Å². The molecule has 0 fully saturated rings. The summed E-state index contributed by atoms with van der Waals surface area (Å²) in [7, 11) is 0. The normalized spacial score (nSPS) is 12.5. The van der Waals surface area contributed by atoms with Crippen molar-refractivity contribution in [3.63, 3.8) is 0 Å². The third-order valence-corrected chi connectivity index (χ3v) is 5.99. The number of carbonyl (C=O) groups excluding carboxylic acids is 3. The molecule has 0 aliphatic heterocycles. The van der Waals surface area contributed by atoms with Crippen LogP contribution in [-0.2, 0) is 24.0 Å². The molecule has 0 rings (SSSR count). The summed E-state index contributed by atoms with van der Waals surface area (Å²) in [6, 6.07) is -2.32. The summed E-state index contributed by atoms with van der Waals surface area (Å²) >= 11 is 0.915. The predicted octanol–water partition coefficient (Wildman–Crippen LogP) is 2.04. The van der Waals surface area contributed by atoms with Gasteiger partial charge in [-0.15, -0.1) is 0 Å². The Labute approximate surface area is 199 Å². The lowest BCUT2D eigenvalue weighted by Gasteiger charge is -2.18. The molecule has 0 aliphatic carbocycles. The topological polar surface area (TPSA) is 176 Å². The van der Waals surface area contributed by atoms with E-state index in [0.29, 0.717) is 6.42 Å². The molecule has 2 amide bonds. The number of carbonyl (C=O) groups is 5. The first kappa shape index (κ1) is 30.9. The van der Waals surface area contributed by atoms with Crippen LogP contribution in [0.3, 0.4) is 0 Å². The SMILES string of the molecule is CCCCCCCCCCCC(=O)SC[C@H](NC(=O)CC[C@H](N)C(=O)O)C(=O)NCC(=O)O. The van der Waals surface area contributed by atoms with Gasteiger partial charge in [-0.05, 0) is 12.8 Å². The number of hydrogen-bond acceptors (Lipinski definition) is 7. The quantitative estimate of drug-likeness (QED) is 0.160. The van der Waals surface area contributed by atoms with E-state index in [4.69, 9.17) is 15.9 Å². The van der Waals surface area contributed by atoms with Gasteiger partial charge in [0.2, 0.25) is 11.8 Å². The van der Waals surface area contributed by atoms with E-state index in [1.54, 1.807) is 0 Å². The number of rotatable bonds is 20. The van der Waals surface area contributed by atoms with Gasteiger partial charge in [-0.2, -0.15) is 0 Å². The molecule has 33 heavy (non-hydrogen) atoms. The molecular formula is C22H39N3O7S. The van der Waals surface area contributed by atoms with Crippen LogP contribution in [0.2, 0.25) is 0 Å². The molecule has 2 atom stereocenters. The van der Waals surface area contributed by atoms with E-state index in [9.17, 15) is 24.0 Å². The lowest BCUT2D eigenvalue weighted by Crippen LogP contribution is -2.49. The highest BCUT2D eigenvalue weighted by molar-refractivity contribution is 8.13. The highest BCUT2D eigenvalue weighted by Crippen LogP contribution is 2.14. The summed E-state index contributed by atoms with van der Waals surface area (Å²) < 4.78 is 0. The molecule has 0 aliphatic rings. The maximum absolute atomic E-state index is 12.2. The number of amides is 2. The van der Waals surface area contributed by atoms with Crippen molar-refractivity contribution in [2.75, 3.05) is 12.3 Å². The molecule has 0 bridgehead atoms. The maximum atomic E-state index is 12.2. The van der Waals surface area contributed by atoms with Crippen molar-refractivity contribution in [1.29, 1.82) is 0 Å². The molecule has 11 heteroatoms. The summed E-state index contributed by atoms with van der Waals surface area (Å²) in [5.74, 6) is -3.85. The fourth-order valence-corrected chi connectivity index (χ4v) is 3.85. The number of carboxylic acid groups (broad SMARTS) is 2. The lowest BCUT2D eigenvalue weighted by molar-refractivity contribution is -0.139. The fourth-order valence-electron chi connectivity index (χ4n) is 2.97. The third-order valence-electron chi connectivity index (χ3n) is 4.96. The molecule has 190 valence electrons. The van der Waals surface area contributed by atoms with Gasteiger partial charge in [0.15, 0.2) is 5.12 Å². The second kappa shape index (κ2) is 19.3. The molecule has 0 saturated carbocycles. The van der Waals surface area contributed by atoms with Gasteiger partial charge in [-0.3, -0.25) is 24.0 Å². The number of carboxylic acids is 2. The minimum absolute atomic E-state index is 0.0432. The lowest BCUT2D eigenvalue weighted by atomic mass is 10.1. The molecule has 0 heterocycles. The van der Waals surface area contributed by atoms with Crippen LogP contribution in [0.15, 0.2) is 0 Å². The van der Waals surface area contributed by atoms with E-state index in [0.717, 1.165) is 37.4 Å². The molecule has 0 aromatic carbocycles. The van der Waals surface area contributed by atoms with Crippen LogP contribution in [0.1, 0.15) is 84.0 Å². The zero-order valence-electron chi connectivity index (χ0n) is 19.5. The van der Waals surface area contributed by atoms with E-state index in [1.165, 1.54) is 32.1 Å². The monoisotopic (exact) mass is 489 g/mol. The average Bonchev–Trinajstić information content (AvgIpc) is 2.77. The third kappa shape index (κ3) is 18.0. The molecule has 6 N–H and O–H groups in total. The largest absolute Gasteiger partial charge is 0.480 e. The molecule has 10 nitrogen and oxygen atoms in total. The van der Waals surface area contributed by atoms with Crippen LogP contribution in [0.4, 0.5) is 0 Å².